The average Bonchev–Trinajstić information content (AvgIpc) is 2.27. The van der Waals surface area contributed by atoms with Crippen LogP contribution in [0.5, 0.6) is 0 Å². The monoisotopic (exact) mass is 301 g/mol. The van der Waals surface area contributed by atoms with E-state index in [0.717, 1.165) is 29.4 Å². The Morgan fingerprint density at radius 3 is 2.59 bits per heavy atom. The van der Waals surface area contributed by atoms with Crippen molar-refractivity contribution < 1.29 is 4.39 Å². The summed E-state index contributed by atoms with van der Waals surface area (Å²) in [6.07, 6.45) is 2.07. The number of halogens is 2. The van der Waals surface area contributed by atoms with Crippen LogP contribution in [-0.2, 0) is 0 Å². The minimum atomic E-state index is -0.122. The molecular formula is C14H21BrFN. The third kappa shape index (κ3) is 4.76. The summed E-state index contributed by atoms with van der Waals surface area (Å²) in [5.41, 5.74) is 0.766. The topological polar surface area (TPSA) is 12.0 Å². The normalized spacial score (nSPS) is 13.1. The van der Waals surface area contributed by atoms with Gasteiger partial charge in [-0.25, -0.2) is 4.39 Å². The molecule has 3 heteroatoms. The van der Waals surface area contributed by atoms with Gasteiger partial charge in [0.2, 0.25) is 0 Å². The maximum atomic E-state index is 13.8. The molecular weight excluding hydrogens is 281 g/mol. The fourth-order valence-electron chi connectivity index (χ4n) is 1.90. The molecule has 0 aliphatic heterocycles. The van der Waals surface area contributed by atoms with Crippen LogP contribution >= 0.6 is 15.9 Å². The summed E-state index contributed by atoms with van der Waals surface area (Å²) in [4.78, 5) is 0. The zero-order valence-corrected chi connectivity index (χ0v) is 12.3. The number of hydrogen-bond donors (Lipinski definition) is 1. The first-order chi connectivity index (χ1) is 8.04. The molecule has 1 unspecified atom stereocenters. The lowest BCUT2D eigenvalue weighted by Gasteiger charge is -2.20. The van der Waals surface area contributed by atoms with Crippen molar-refractivity contribution in [1.29, 1.82) is 0 Å². The van der Waals surface area contributed by atoms with Gasteiger partial charge in [-0.2, -0.15) is 0 Å². The van der Waals surface area contributed by atoms with Crippen molar-refractivity contribution in [3.05, 3.63) is 34.1 Å². The molecule has 1 aromatic carbocycles. The highest BCUT2D eigenvalue weighted by molar-refractivity contribution is 9.10. The van der Waals surface area contributed by atoms with Crippen LogP contribution in [-0.4, -0.2) is 6.54 Å². The van der Waals surface area contributed by atoms with Crippen LogP contribution in [0.25, 0.3) is 0 Å². The van der Waals surface area contributed by atoms with Gasteiger partial charge in [-0.05, 0) is 43.5 Å². The molecule has 96 valence electrons. The van der Waals surface area contributed by atoms with Gasteiger partial charge >= 0.3 is 0 Å². The first-order valence-corrected chi connectivity index (χ1v) is 7.02. The fourth-order valence-corrected chi connectivity index (χ4v) is 2.27. The highest BCUT2D eigenvalue weighted by atomic mass is 79.9. The summed E-state index contributed by atoms with van der Waals surface area (Å²) in [7, 11) is 0. The lowest BCUT2D eigenvalue weighted by atomic mass is 9.97. The molecule has 0 saturated carbocycles. The van der Waals surface area contributed by atoms with Gasteiger partial charge in [0, 0.05) is 16.1 Å². The maximum absolute atomic E-state index is 13.8. The Bertz CT molecular complexity index is 352. The summed E-state index contributed by atoms with van der Waals surface area (Å²) in [6.45, 7) is 7.30. The van der Waals surface area contributed by atoms with Gasteiger partial charge in [-0.15, -0.1) is 0 Å². The molecule has 0 saturated heterocycles. The van der Waals surface area contributed by atoms with Gasteiger partial charge in [0.1, 0.15) is 5.82 Å². The van der Waals surface area contributed by atoms with Crippen LogP contribution in [0, 0.1) is 11.7 Å². The third-order valence-corrected chi connectivity index (χ3v) is 3.31. The van der Waals surface area contributed by atoms with Gasteiger partial charge < -0.3 is 5.32 Å². The van der Waals surface area contributed by atoms with Crippen LogP contribution in [0.2, 0.25) is 0 Å². The van der Waals surface area contributed by atoms with E-state index in [2.05, 4.69) is 42.0 Å². The summed E-state index contributed by atoms with van der Waals surface area (Å²) in [6, 6.07) is 5.26. The molecule has 0 heterocycles. The molecule has 0 spiro atoms. The molecule has 0 radical (unpaired) electrons. The van der Waals surface area contributed by atoms with E-state index in [1.54, 1.807) is 6.07 Å². The molecule has 0 aliphatic carbocycles. The van der Waals surface area contributed by atoms with Crippen LogP contribution in [0.4, 0.5) is 4.39 Å². The summed E-state index contributed by atoms with van der Waals surface area (Å²) >= 11 is 3.40. The van der Waals surface area contributed by atoms with E-state index in [9.17, 15) is 4.39 Å². The number of nitrogens with one attached hydrogen (secondary N) is 1. The molecule has 0 amide bonds. The predicted octanol–water partition coefficient (Wildman–Crippen LogP) is 4.68. The first-order valence-electron chi connectivity index (χ1n) is 6.23. The Morgan fingerprint density at radius 2 is 2.00 bits per heavy atom. The molecule has 0 aliphatic rings. The van der Waals surface area contributed by atoms with Gasteiger partial charge in [0.05, 0.1) is 0 Å². The molecule has 17 heavy (non-hydrogen) atoms. The highest BCUT2D eigenvalue weighted by Gasteiger charge is 2.15. The van der Waals surface area contributed by atoms with Crippen LogP contribution < -0.4 is 5.32 Å². The van der Waals surface area contributed by atoms with Gasteiger partial charge in [0.15, 0.2) is 0 Å². The Kier molecular flexibility index (Phi) is 6.14. The molecule has 1 N–H and O–H groups in total. The van der Waals surface area contributed by atoms with E-state index in [4.69, 9.17) is 0 Å². The zero-order chi connectivity index (χ0) is 12.8. The number of hydrogen-bond acceptors (Lipinski definition) is 1. The van der Waals surface area contributed by atoms with Crippen molar-refractivity contribution in [1.82, 2.24) is 5.32 Å². The minimum Gasteiger partial charge on any atom is -0.310 e. The lowest BCUT2D eigenvalue weighted by molar-refractivity contribution is 0.434. The van der Waals surface area contributed by atoms with Crippen LogP contribution in [0.3, 0.4) is 0 Å². The van der Waals surface area contributed by atoms with E-state index in [1.807, 2.05) is 6.07 Å². The summed E-state index contributed by atoms with van der Waals surface area (Å²) < 4.78 is 14.7. The van der Waals surface area contributed by atoms with E-state index in [1.165, 1.54) is 6.07 Å². The van der Waals surface area contributed by atoms with Gasteiger partial charge in [0.25, 0.3) is 0 Å². The maximum Gasteiger partial charge on any atom is 0.128 e. The zero-order valence-electron chi connectivity index (χ0n) is 10.8. The van der Waals surface area contributed by atoms with Gasteiger partial charge in [-0.3, -0.25) is 0 Å². The number of rotatable bonds is 6. The van der Waals surface area contributed by atoms with Crippen molar-refractivity contribution >= 4 is 15.9 Å². The van der Waals surface area contributed by atoms with Crippen molar-refractivity contribution in [2.45, 2.75) is 39.7 Å². The van der Waals surface area contributed by atoms with E-state index < -0.39 is 0 Å². The minimum absolute atomic E-state index is 0.111. The van der Waals surface area contributed by atoms with Crippen molar-refractivity contribution in [3.63, 3.8) is 0 Å². The molecule has 0 bridgehead atoms. The Morgan fingerprint density at radius 1 is 1.29 bits per heavy atom. The standard InChI is InChI=1S/C14H21BrFN/c1-4-17-14(8-5-10(2)3)12-9-11(15)6-7-13(12)16/h6-7,9-10,14,17H,4-5,8H2,1-3H3. The summed E-state index contributed by atoms with van der Waals surface area (Å²) in [5, 5.41) is 3.36. The van der Waals surface area contributed by atoms with Crippen molar-refractivity contribution in [3.8, 4) is 0 Å². The van der Waals surface area contributed by atoms with Crippen LogP contribution in [0.1, 0.15) is 45.2 Å². The molecule has 0 aromatic heterocycles. The first kappa shape index (κ1) is 14.7. The third-order valence-electron chi connectivity index (χ3n) is 2.82. The second-order valence-electron chi connectivity index (χ2n) is 4.75. The van der Waals surface area contributed by atoms with Crippen molar-refractivity contribution in [2.75, 3.05) is 6.54 Å². The van der Waals surface area contributed by atoms with E-state index >= 15 is 0 Å². The largest absolute Gasteiger partial charge is 0.310 e. The Hall–Kier alpha value is -0.410. The lowest BCUT2D eigenvalue weighted by Crippen LogP contribution is -2.22. The molecule has 1 nitrogen and oxygen atoms in total. The number of benzene rings is 1. The average molecular weight is 302 g/mol. The highest BCUT2D eigenvalue weighted by Crippen LogP contribution is 2.26. The van der Waals surface area contributed by atoms with Crippen molar-refractivity contribution in [2.24, 2.45) is 5.92 Å². The molecule has 1 rings (SSSR count). The van der Waals surface area contributed by atoms with Gasteiger partial charge in [-0.1, -0.05) is 36.7 Å². The fraction of sp³-hybridized carbons (Fsp3) is 0.571. The van der Waals surface area contributed by atoms with Crippen LogP contribution in [0.15, 0.2) is 22.7 Å². The quantitative estimate of drug-likeness (QED) is 0.805. The van der Waals surface area contributed by atoms with E-state index in [-0.39, 0.29) is 11.9 Å². The van der Waals surface area contributed by atoms with E-state index in [0.29, 0.717) is 5.92 Å². The molecule has 0 fully saturated rings. The molecule has 1 aromatic rings. The SMILES string of the molecule is CCNC(CCC(C)C)c1cc(Br)ccc1F. The second-order valence-corrected chi connectivity index (χ2v) is 5.66. The summed E-state index contributed by atoms with van der Waals surface area (Å²) in [5.74, 6) is 0.522. The predicted molar refractivity (Wildman–Crippen MR) is 74.6 cm³/mol. The Labute approximate surface area is 112 Å². The second kappa shape index (κ2) is 7.12. The Balaban J connectivity index is 2.84. The smallest absolute Gasteiger partial charge is 0.128 e. The molecule has 1 atom stereocenters.